The van der Waals surface area contributed by atoms with Gasteiger partial charge >= 0.3 is 0 Å². The standard InChI is InChI=1S/C13H22N6O/c1-14-12-8-15-11(7-16-12)13(20)17-6-10-9-18(2)4-5-19(10)3/h7-8,10H,4-6,9H2,1-3H3,(H,14,16)(H,17,20). The molecule has 20 heavy (non-hydrogen) atoms. The molecule has 1 aromatic rings. The summed E-state index contributed by atoms with van der Waals surface area (Å²) in [6.07, 6.45) is 3.04. The molecule has 0 bridgehead atoms. The van der Waals surface area contributed by atoms with Gasteiger partial charge in [-0.15, -0.1) is 0 Å². The van der Waals surface area contributed by atoms with E-state index in [-0.39, 0.29) is 5.91 Å². The van der Waals surface area contributed by atoms with Gasteiger partial charge in [0.25, 0.3) is 5.91 Å². The van der Waals surface area contributed by atoms with E-state index in [9.17, 15) is 4.79 Å². The maximum atomic E-state index is 12.0. The van der Waals surface area contributed by atoms with Crippen molar-refractivity contribution in [2.45, 2.75) is 6.04 Å². The Hall–Kier alpha value is -1.73. The summed E-state index contributed by atoms with van der Waals surface area (Å²) in [6, 6.07) is 0.335. The number of carbonyl (C=O) groups is 1. The Morgan fingerprint density at radius 3 is 2.80 bits per heavy atom. The van der Waals surface area contributed by atoms with Gasteiger partial charge < -0.3 is 15.5 Å². The first-order chi connectivity index (χ1) is 9.60. The number of nitrogens with one attached hydrogen (secondary N) is 2. The number of likely N-dealkylation sites (N-methyl/N-ethyl adjacent to an activating group) is 2. The molecule has 110 valence electrons. The Labute approximate surface area is 119 Å². The highest BCUT2D eigenvalue weighted by atomic mass is 16.1. The Kier molecular flexibility index (Phi) is 4.86. The minimum atomic E-state index is -0.179. The molecular weight excluding hydrogens is 256 g/mol. The average molecular weight is 278 g/mol. The maximum absolute atomic E-state index is 12.0. The molecule has 0 saturated carbocycles. The van der Waals surface area contributed by atoms with Crippen molar-refractivity contribution >= 4 is 11.7 Å². The van der Waals surface area contributed by atoms with E-state index in [1.807, 2.05) is 0 Å². The van der Waals surface area contributed by atoms with Crippen LogP contribution in [0.5, 0.6) is 0 Å². The molecule has 7 heteroatoms. The van der Waals surface area contributed by atoms with E-state index in [1.54, 1.807) is 13.2 Å². The molecule has 7 nitrogen and oxygen atoms in total. The summed E-state index contributed by atoms with van der Waals surface area (Å²) in [5.41, 5.74) is 0.343. The fraction of sp³-hybridized carbons (Fsp3) is 0.615. The van der Waals surface area contributed by atoms with Crippen LogP contribution in [-0.4, -0.2) is 79.0 Å². The quantitative estimate of drug-likeness (QED) is 0.773. The number of aromatic nitrogens is 2. The Bertz CT molecular complexity index is 449. The molecule has 2 N–H and O–H groups in total. The number of rotatable bonds is 4. The number of carbonyl (C=O) groups excluding carboxylic acids is 1. The topological polar surface area (TPSA) is 73.4 Å². The van der Waals surface area contributed by atoms with Gasteiger partial charge in [0, 0.05) is 39.3 Å². The summed E-state index contributed by atoms with van der Waals surface area (Å²) >= 11 is 0. The molecule has 2 rings (SSSR count). The van der Waals surface area contributed by atoms with Gasteiger partial charge in [-0.05, 0) is 14.1 Å². The Balaban J connectivity index is 1.87. The lowest BCUT2D eigenvalue weighted by atomic mass is 10.2. The summed E-state index contributed by atoms with van der Waals surface area (Å²) in [5.74, 6) is 0.469. The van der Waals surface area contributed by atoms with Gasteiger partial charge in [0.2, 0.25) is 0 Å². The highest BCUT2D eigenvalue weighted by Crippen LogP contribution is 2.05. The van der Waals surface area contributed by atoms with Crippen LogP contribution in [0.15, 0.2) is 12.4 Å². The van der Waals surface area contributed by atoms with E-state index >= 15 is 0 Å². The van der Waals surface area contributed by atoms with E-state index in [4.69, 9.17) is 0 Å². The first kappa shape index (κ1) is 14.7. The zero-order chi connectivity index (χ0) is 14.5. The van der Waals surface area contributed by atoms with Crippen LogP contribution >= 0.6 is 0 Å². The molecule has 1 saturated heterocycles. The molecular formula is C13H22N6O. The van der Waals surface area contributed by atoms with Crippen LogP contribution in [0.2, 0.25) is 0 Å². The molecule has 1 aromatic heterocycles. The minimum absolute atomic E-state index is 0.179. The van der Waals surface area contributed by atoms with Gasteiger partial charge in [-0.1, -0.05) is 0 Å². The number of nitrogens with zero attached hydrogens (tertiary/aromatic N) is 4. The van der Waals surface area contributed by atoms with Gasteiger partial charge in [-0.2, -0.15) is 0 Å². The number of hydrogen-bond donors (Lipinski definition) is 2. The lowest BCUT2D eigenvalue weighted by Gasteiger charge is -2.37. The molecule has 0 radical (unpaired) electrons. The number of hydrogen-bond acceptors (Lipinski definition) is 6. The summed E-state index contributed by atoms with van der Waals surface area (Å²) in [6.45, 7) is 3.67. The monoisotopic (exact) mass is 278 g/mol. The highest BCUT2D eigenvalue weighted by Gasteiger charge is 2.22. The van der Waals surface area contributed by atoms with Crippen molar-refractivity contribution < 1.29 is 4.79 Å². The van der Waals surface area contributed by atoms with Crippen LogP contribution in [0.3, 0.4) is 0 Å². The Morgan fingerprint density at radius 2 is 2.15 bits per heavy atom. The SMILES string of the molecule is CNc1cnc(C(=O)NCC2CN(C)CCN2C)cn1. The smallest absolute Gasteiger partial charge is 0.271 e. The third-order valence-electron chi connectivity index (χ3n) is 3.62. The van der Waals surface area contributed by atoms with Crippen molar-refractivity contribution in [1.29, 1.82) is 0 Å². The number of anilines is 1. The summed E-state index contributed by atoms with van der Waals surface area (Å²) in [4.78, 5) is 24.7. The fourth-order valence-corrected chi connectivity index (χ4v) is 2.20. The van der Waals surface area contributed by atoms with E-state index in [0.717, 1.165) is 19.6 Å². The van der Waals surface area contributed by atoms with Gasteiger partial charge in [-0.25, -0.2) is 9.97 Å². The van der Waals surface area contributed by atoms with E-state index in [1.165, 1.54) is 6.20 Å². The second-order valence-corrected chi connectivity index (χ2v) is 5.14. The van der Waals surface area contributed by atoms with Crippen molar-refractivity contribution in [3.8, 4) is 0 Å². The second-order valence-electron chi connectivity index (χ2n) is 5.14. The predicted molar refractivity (Wildman–Crippen MR) is 77.8 cm³/mol. The molecule has 1 fully saturated rings. The molecule has 0 aromatic carbocycles. The van der Waals surface area contributed by atoms with Crippen LogP contribution in [0, 0.1) is 0 Å². The molecule has 1 amide bonds. The summed E-state index contributed by atoms with van der Waals surface area (Å²) in [5, 5.41) is 5.80. The van der Waals surface area contributed by atoms with Gasteiger partial charge in [-0.3, -0.25) is 9.69 Å². The highest BCUT2D eigenvalue weighted by molar-refractivity contribution is 5.92. The van der Waals surface area contributed by atoms with Crippen LogP contribution in [-0.2, 0) is 0 Å². The molecule has 0 aliphatic carbocycles. The molecule has 1 atom stereocenters. The van der Waals surface area contributed by atoms with E-state index in [2.05, 4.69) is 44.5 Å². The predicted octanol–water partition coefficient (Wildman–Crippen LogP) is -0.506. The largest absolute Gasteiger partial charge is 0.372 e. The van der Waals surface area contributed by atoms with Gasteiger partial charge in [0.1, 0.15) is 11.5 Å². The van der Waals surface area contributed by atoms with Crippen molar-refractivity contribution in [2.24, 2.45) is 0 Å². The fourth-order valence-electron chi connectivity index (χ4n) is 2.20. The Morgan fingerprint density at radius 1 is 1.35 bits per heavy atom. The molecule has 1 aliphatic rings. The van der Waals surface area contributed by atoms with Crippen molar-refractivity contribution in [3.05, 3.63) is 18.1 Å². The van der Waals surface area contributed by atoms with Gasteiger partial charge in [0.15, 0.2) is 0 Å². The van der Waals surface area contributed by atoms with Gasteiger partial charge in [0.05, 0.1) is 12.4 Å². The van der Waals surface area contributed by atoms with Crippen molar-refractivity contribution in [3.63, 3.8) is 0 Å². The number of amides is 1. The molecule has 0 spiro atoms. The molecule has 1 aliphatic heterocycles. The number of piperazine rings is 1. The zero-order valence-electron chi connectivity index (χ0n) is 12.3. The zero-order valence-corrected chi connectivity index (χ0v) is 12.3. The first-order valence-corrected chi connectivity index (χ1v) is 6.77. The van der Waals surface area contributed by atoms with Crippen molar-refractivity contribution in [1.82, 2.24) is 25.1 Å². The summed E-state index contributed by atoms with van der Waals surface area (Å²) < 4.78 is 0. The normalized spacial score (nSPS) is 20.6. The molecule has 2 heterocycles. The van der Waals surface area contributed by atoms with E-state index in [0.29, 0.717) is 24.1 Å². The van der Waals surface area contributed by atoms with Crippen molar-refractivity contribution in [2.75, 3.05) is 52.6 Å². The average Bonchev–Trinajstić information content (AvgIpc) is 2.48. The third kappa shape index (κ3) is 3.64. The molecule has 1 unspecified atom stereocenters. The van der Waals surface area contributed by atoms with Crippen LogP contribution in [0.1, 0.15) is 10.5 Å². The second kappa shape index (κ2) is 6.62. The maximum Gasteiger partial charge on any atom is 0.271 e. The van der Waals surface area contributed by atoms with Crippen LogP contribution in [0.25, 0.3) is 0 Å². The lowest BCUT2D eigenvalue weighted by Crippen LogP contribution is -2.54. The lowest BCUT2D eigenvalue weighted by molar-refractivity contribution is 0.0876. The first-order valence-electron chi connectivity index (χ1n) is 6.77. The third-order valence-corrected chi connectivity index (χ3v) is 3.62. The summed E-state index contributed by atoms with van der Waals surface area (Å²) in [7, 11) is 5.95. The minimum Gasteiger partial charge on any atom is -0.372 e. The van der Waals surface area contributed by atoms with E-state index < -0.39 is 0 Å². The van der Waals surface area contributed by atoms with Crippen LogP contribution in [0.4, 0.5) is 5.82 Å². The van der Waals surface area contributed by atoms with Crippen LogP contribution < -0.4 is 10.6 Å².